The Kier molecular flexibility index (Phi) is 7.94. The molecule has 0 saturated carbocycles. The summed E-state index contributed by atoms with van der Waals surface area (Å²) in [6.45, 7) is 4.01. The van der Waals surface area contributed by atoms with E-state index >= 15 is 0 Å². The maximum Gasteiger partial charge on any atom is 0.246 e. The van der Waals surface area contributed by atoms with E-state index in [-0.39, 0.29) is 17.7 Å². The third-order valence-corrected chi connectivity index (χ3v) is 6.10. The average Bonchev–Trinajstić information content (AvgIpc) is 2.77. The molecule has 0 spiro atoms. The fourth-order valence-electron chi connectivity index (χ4n) is 3.32. The normalized spacial score (nSPS) is 14.9. The molecule has 1 aliphatic rings. The number of aryl methyl sites for hydroxylation is 1. The Morgan fingerprint density at radius 3 is 2.45 bits per heavy atom. The maximum atomic E-state index is 12.4. The van der Waals surface area contributed by atoms with Gasteiger partial charge in [-0.1, -0.05) is 48.0 Å². The minimum atomic E-state index is 0.00141. The maximum absolute atomic E-state index is 12.4. The van der Waals surface area contributed by atoms with E-state index in [1.54, 1.807) is 17.8 Å². The lowest BCUT2D eigenvalue weighted by atomic mass is 9.96. The summed E-state index contributed by atoms with van der Waals surface area (Å²) in [5.74, 6) is 0.987. The lowest BCUT2D eigenvalue weighted by Crippen LogP contribution is -2.42. The molecule has 0 bridgehead atoms. The fraction of sp³-hybridized carbons (Fsp3) is 0.333. The number of nitrogens with one attached hydrogen (secondary N) is 1. The Bertz CT molecular complexity index is 826. The molecule has 152 valence electrons. The lowest BCUT2D eigenvalue weighted by Gasteiger charge is -2.30. The highest BCUT2D eigenvalue weighted by Gasteiger charge is 2.26. The monoisotopic (exact) mass is 408 g/mol. The van der Waals surface area contributed by atoms with Crippen LogP contribution in [0.3, 0.4) is 0 Å². The van der Waals surface area contributed by atoms with Crippen molar-refractivity contribution in [3.05, 3.63) is 71.8 Å². The molecule has 0 aliphatic carbocycles. The van der Waals surface area contributed by atoms with Gasteiger partial charge in [0.2, 0.25) is 11.8 Å². The van der Waals surface area contributed by atoms with Crippen molar-refractivity contribution in [1.82, 2.24) is 10.2 Å². The van der Waals surface area contributed by atoms with Gasteiger partial charge in [-0.15, -0.1) is 11.8 Å². The van der Waals surface area contributed by atoms with Crippen LogP contribution in [0.15, 0.2) is 65.6 Å². The van der Waals surface area contributed by atoms with Crippen LogP contribution in [0.1, 0.15) is 24.0 Å². The third kappa shape index (κ3) is 6.79. The van der Waals surface area contributed by atoms with Crippen molar-refractivity contribution in [3.63, 3.8) is 0 Å². The topological polar surface area (TPSA) is 49.4 Å². The molecule has 2 amide bonds. The summed E-state index contributed by atoms with van der Waals surface area (Å²) in [6, 6.07) is 18.2. The molecular formula is C24H28N2O2S. The van der Waals surface area contributed by atoms with Crippen molar-refractivity contribution in [3.8, 4) is 0 Å². The van der Waals surface area contributed by atoms with Crippen LogP contribution in [0, 0.1) is 12.8 Å². The average molecular weight is 409 g/mol. The van der Waals surface area contributed by atoms with Crippen LogP contribution in [0.4, 0.5) is 0 Å². The van der Waals surface area contributed by atoms with Gasteiger partial charge in [0.05, 0.1) is 0 Å². The molecule has 0 atom stereocenters. The fourth-order valence-corrected chi connectivity index (χ4v) is 4.09. The standard InChI is InChI=1S/C24H28N2O2S/c1-19-7-10-22(11-8-19)29-18-15-25-24(28)21-13-16-26(17-14-21)23(27)12-9-20-5-3-2-4-6-20/h2-12,21H,13-18H2,1H3,(H,25,28)/b12-9+. The predicted octanol–water partition coefficient (Wildman–Crippen LogP) is 4.16. The third-order valence-electron chi connectivity index (χ3n) is 5.09. The van der Waals surface area contributed by atoms with Gasteiger partial charge in [0, 0.05) is 42.3 Å². The van der Waals surface area contributed by atoms with E-state index in [2.05, 4.69) is 36.5 Å². The van der Waals surface area contributed by atoms with E-state index in [1.165, 1.54) is 10.5 Å². The van der Waals surface area contributed by atoms with Crippen molar-refractivity contribution in [2.75, 3.05) is 25.4 Å². The van der Waals surface area contributed by atoms with Gasteiger partial charge in [0.15, 0.2) is 0 Å². The molecule has 1 heterocycles. The summed E-state index contributed by atoms with van der Waals surface area (Å²) in [6.07, 6.45) is 4.91. The number of benzene rings is 2. The molecule has 5 heteroatoms. The number of rotatable bonds is 7. The summed E-state index contributed by atoms with van der Waals surface area (Å²) in [7, 11) is 0. The first kappa shape index (κ1) is 21.2. The Morgan fingerprint density at radius 1 is 1.07 bits per heavy atom. The van der Waals surface area contributed by atoms with Gasteiger partial charge in [-0.3, -0.25) is 9.59 Å². The van der Waals surface area contributed by atoms with E-state index in [0.717, 1.165) is 24.2 Å². The Morgan fingerprint density at radius 2 is 1.76 bits per heavy atom. The van der Waals surface area contributed by atoms with E-state index in [1.807, 2.05) is 41.3 Å². The number of thioether (sulfide) groups is 1. The smallest absolute Gasteiger partial charge is 0.246 e. The van der Waals surface area contributed by atoms with Crippen molar-refractivity contribution >= 4 is 29.7 Å². The number of nitrogens with zero attached hydrogens (tertiary/aromatic N) is 1. The van der Waals surface area contributed by atoms with Crippen LogP contribution < -0.4 is 5.32 Å². The Labute approximate surface area is 177 Å². The van der Waals surface area contributed by atoms with E-state index in [9.17, 15) is 9.59 Å². The van der Waals surface area contributed by atoms with Crippen LogP contribution >= 0.6 is 11.8 Å². The molecule has 29 heavy (non-hydrogen) atoms. The zero-order valence-corrected chi connectivity index (χ0v) is 17.7. The summed E-state index contributed by atoms with van der Waals surface area (Å²) in [5.41, 5.74) is 2.27. The van der Waals surface area contributed by atoms with Crippen LogP contribution in [-0.2, 0) is 9.59 Å². The largest absolute Gasteiger partial charge is 0.355 e. The van der Waals surface area contributed by atoms with Gasteiger partial charge in [0.1, 0.15) is 0 Å². The van der Waals surface area contributed by atoms with Crippen LogP contribution in [0.25, 0.3) is 6.08 Å². The van der Waals surface area contributed by atoms with Crippen molar-refractivity contribution in [2.45, 2.75) is 24.7 Å². The van der Waals surface area contributed by atoms with Gasteiger partial charge in [0.25, 0.3) is 0 Å². The number of carbonyl (C=O) groups excluding carboxylic acids is 2. The Balaban J connectivity index is 1.35. The zero-order chi connectivity index (χ0) is 20.5. The highest BCUT2D eigenvalue weighted by Crippen LogP contribution is 2.19. The molecule has 0 aromatic heterocycles. The highest BCUT2D eigenvalue weighted by molar-refractivity contribution is 7.99. The summed E-state index contributed by atoms with van der Waals surface area (Å²) in [5, 5.41) is 3.05. The van der Waals surface area contributed by atoms with Gasteiger partial charge in [-0.25, -0.2) is 0 Å². The molecule has 0 unspecified atom stereocenters. The first-order valence-corrected chi connectivity index (χ1v) is 11.1. The lowest BCUT2D eigenvalue weighted by molar-refractivity contribution is -0.132. The van der Waals surface area contributed by atoms with E-state index in [0.29, 0.717) is 19.6 Å². The number of piperidine rings is 1. The van der Waals surface area contributed by atoms with Crippen LogP contribution in [0.5, 0.6) is 0 Å². The van der Waals surface area contributed by atoms with Gasteiger partial charge in [-0.2, -0.15) is 0 Å². The SMILES string of the molecule is Cc1ccc(SCCNC(=O)C2CCN(C(=O)/C=C/c3ccccc3)CC2)cc1. The molecule has 1 aliphatic heterocycles. The first-order valence-electron chi connectivity index (χ1n) is 10.1. The molecule has 3 rings (SSSR count). The molecule has 2 aromatic carbocycles. The van der Waals surface area contributed by atoms with Crippen molar-refractivity contribution < 1.29 is 9.59 Å². The van der Waals surface area contributed by atoms with Gasteiger partial charge >= 0.3 is 0 Å². The molecule has 1 saturated heterocycles. The van der Waals surface area contributed by atoms with Crippen LogP contribution in [0.2, 0.25) is 0 Å². The number of carbonyl (C=O) groups is 2. The number of likely N-dealkylation sites (tertiary alicyclic amines) is 1. The van der Waals surface area contributed by atoms with E-state index < -0.39 is 0 Å². The summed E-state index contributed by atoms with van der Waals surface area (Å²) < 4.78 is 0. The summed E-state index contributed by atoms with van der Waals surface area (Å²) in [4.78, 5) is 27.8. The number of amides is 2. The second-order valence-electron chi connectivity index (χ2n) is 7.30. The second-order valence-corrected chi connectivity index (χ2v) is 8.46. The predicted molar refractivity (Wildman–Crippen MR) is 120 cm³/mol. The molecule has 2 aromatic rings. The molecule has 1 fully saturated rings. The molecule has 0 radical (unpaired) electrons. The van der Waals surface area contributed by atoms with Gasteiger partial charge in [-0.05, 0) is 43.5 Å². The molecule has 1 N–H and O–H groups in total. The molecule has 4 nitrogen and oxygen atoms in total. The van der Waals surface area contributed by atoms with Crippen molar-refractivity contribution in [2.24, 2.45) is 5.92 Å². The quantitative estimate of drug-likeness (QED) is 0.425. The second kappa shape index (κ2) is 10.9. The molecular weight excluding hydrogens is 380 g/mol. The first-order chi connectivity index (χ1) is 14.1. The minimum absolute atomic E-state index is 0.00141. The van der Waals surface area contributed by atoms with Gasteiger partial charge < -0.3 is 10.2 Å². The highest BCUT2D eigenvalue weighted by atomic mass is 32.2. The minimum Gasteiger partial charge on any atom is -0.355 e. The zero-order valence-electron chi connectivity index (χ0n) is 16.8. The summed E-state index contributed by atoms with van der Waals surface area (Å²) >= 11 is 1.75. The van der Waals surface area contributed by atoms with Crippen molar-refractivity contribution in [1.29, 1.82) is 0 Å². The Hall–Kier alpha value is -2.53. The number of hydrogen-bond acceptors (Lipinski definition) is 3. The number of hydrogen-bond donors (Lipinski definition) is 1. The van der Waals surface area contributed by atoms with E-state index in [4.69, 9.17) is 0 Å². The van der Waals surface area contributed by atoms with Crippen LogP contribution in [-0.4, -0.2) is 42.1 Å².